The minimum absolute atomic E-state index is 0.794. The molecule has 0 aromatic carbocycles. The molecular formula is C8H11NS. The van der Waals surface area contributed by atoms with Gasteiger partial charge in [-0.25, -0.2) is 0 Å². The number of allylic oxidation sites excluding steroid dienone is 2. The molecular weight excluding hydrogens is 142 g/mol. The van der Waals surface area contributed by atoms with Crippen LogP contribution in [0.5, 0.6) is 0 Å². The van der Waals surface area contributed by atoms with Crippen molar-refractivity contribution in [2.24, 2.45) is 4.99 Å². The van der Waals surface area contributed by atoms with E-state index in [9.17, 15) is 0 Å². The molecule has 0 aliphatic carbocycles. The van der Waals surface area contributed by atoms with E-state index in [-0.39, 0.29) is 0 Å². The molecule has 10 heavy (non-hydrogen) atoms. The topological polar surface area (TPSA) is 12.4 Å². The maximum atomic E-state index is 3.77. The molecule has 0 saturated heterocycles. The van der Waals surface area contributed by atoms with Gasteiger partial charge in [-0.05, 0) is 19.0 Å². The fraction of sp³-hybridized carbons (Fsp3) is 0.125. The van der Waals surface area contributed by atoms with E-state index in [0.717, 1.165) is 10.6 Å². The average molecular weight is 153 g/mol. The monoisotopic (exact) mass is 153 g/mol. The molecule has 0 atom stereocenters. The van der Waals surface area contributed by atoms with Crippen molar-refractivity contribution in [3.05, 3.63) is 35.9 Å². The van der Waals surface area contributed by atoms with Crippen LogP contribution in [-0.4, -0.2) is 13.0 Å². The van der Waals surface area contributed by atoms with Crippen LogP contribution in [0.25, 0.3) is 0 Å². The molecule has 0 radical (unpaired) electrons. The highest BCUT2D eigenvalue weighted by atomic mass is 32.2. The van der Waals surface area contributed by atoms with Crippen LogP contribution in [0, 0.1) is 0 Å². The van der Waals surface area contributed by atoms with E-state index in [1.165, 1.54) is 0 Å². The summed E-state index contributed by atoms with van der Waals surface area (Å²) in [6, 6.07) is 0. The van der Waals surface area contributed by atoms with Gasteiger partial charge in [-0.1, -0.05) is 19.2 Å². The highest BCUT2D eigenvalue weighted by Gasteiger charge is 1.93. The van der Waals surface area contributed by atoms with Crippen molar-refractivity contribution in [1.29, 1.82) is 0 Å². The Morgan fingerprint density at radius 1 is 1.40 bits per heavy atom. The molecule has 0 aliphatic rings. The predicted octanol–water partition coefficient (Wildman–Crippen LogP) is 2.63. The number of hydrogen-bond donors (Lipinski definition) is 0. The van der Waals surface area contributed by atoms with Gasteiger partial charge < -0.3 is 0 Å². The first kappa shape index (κ1) is 9.24. The van der Waals surface area contributed by atoms with E-state index in [0.29, 0.717) is 0 Å². The highest BCUT2D eigenvalue weighted by Crippen LogP contribution is 2.18. The number of rotatable bonds is 4. The van der Waals surface area contributed by atoms with Crippen LogP contribution in [-0.2, 0) is 0 Å². The summed E-state index contributed by atoms with van der Waals surface area (Å²) >= 11 is 1.58. The van der Waals surface area contributed by atoms with Gasteiger partial charge in [0.1, 0.15) is 0 Å². The van der Waals surface area contributed by atoms with Gasteiger partial charge >= 0.3 is 0 Å². The fourth-order valence-corrected chi connectivity index (χ4v) is 1.06. The van der Waals surface area contributed by atoms with E-state index in [4.69, 9.17) is 0 Å². The summed E-state index contributed by atoms with van der Waals surface area (Å²) in [5.41, 5.74) is 0.794. The summed E-state index contributed by atoms with van der Waals surface area (Å²) in [5.74, 6) is 0. The number of nitrogens with zero attached hydrogens (tertiary/aromatic N) is 1. The lowest BCUT2D eigenvalue weighted by Gasteiger charge is -1.97. The number of hydrogen-bond acceptors (Lipinski definition) is 2. The van der Waals surface area contributed by atoms with E-state index < -0.39 is 0 Å². The zero-order valence-electron chi connectivity index (χ0n) is 6.13. The second-order valence-electron chi connectivity index (χ2n) is 1.52. The summed E-state index contributed by atoms with van der Waals surface area (Å²) in [5, 5.41) is 0. The first-order chi connectivity index (χ1) is 4.79. The Kier molecular flexibility index (Phi) is 4.67. The Bertz CT molecular complexity index is 170. The van der Waals surface area contributed by atoms with Crippen LogP contribution in [0.2, 0.25) is 0 Å². The van der Waals surface area contributed by atoms with Crippen molar-refractivity contribution in [1.82, 2.24) is 0 Å². The largest absolute Gasteiger partial charge is 0.264 e. The lowest BCUT2D eigenvalue weighted by Crippen LogP contribution is -1.75. The zero-order chi connectivity index (χ0) is 7.98. The van der Waals surface area contributed by atoms with Gasteiger partial charge in [0.2, 0.25) is 0 Å². The van der Waals surface area contributed by atoms with Crippen molar-refractivity contribution < 1.29 is 0 Å². The minimum Gasteiger partial charge on any atom is -0.264 e. The molecule has 0 rings (SSSR count). The first-order valence-corrected chi connectivity index (χ1v) is 4.02. The SMILES string of the molecule is C=C/C(N=C)=C(\C=C)SC. The zero-order valence-corrected chi connectivity index (χ0v) is 6.95. The van der Waals surface area contributed by atoms with Crippen LogP contribution >= 0.6 is 11.8 Å². The highest BCUT2D eigenvalue weighted by molar-refractivity contribution is 8.02. The summed E-state index contributed by atoms with van der Waals surface area (Å²) in [4.78, 5) is 4.77. The van der Waals surface area contributed by atoms with E-state index in [1.54, 1.807) is 23.9 Å². The molecule has 1 nitrogen and oxygen atoms in total. The van der Waals surface area contributed by atoms with Crippen LogP contribution in [0.15, 0.2) is 40.9 Å². The molecule has 2 heteroatoms. The van der Waals surface area contributed by atoms with E-state index in [1.807, 2.05) is 6.26 Å². The standard InChI is InChI=1S/C8H11NS/c1-5-7(9-3)8(6-2)10-4/h5-6H,1-3H2,4H3/b8-7-. The summed E-state index contributed by atoms with van der Waals surface area (Å²) in [6.07, 6.45) is 5.38. The van der Waals surface area contributed by atoms with Gasteiger partial charge in [0.25, 0.3) is 0 Å². The second-order valence-corrected chi connectivity index (χ2v) is 2.37. The Morgan fingerprint density at radius 2 is 2.00 bits per heavy atom. The molecule has 0 unspecified atom stereocenters. The first-order valence-electron chi connectivity index (χ1n) is 2.80. The third kappa shape index (κ3) is 2.23. The van der Waals surface area contributed by atoms with Gasteiger partial charge in [0.15, 0.2) is 0 Å². The minimum atomic E-state index is 0.794. The third-order valence-corrected chi connectivity index (χ3v) is 1.84. The van der Waals surface area contributed by atoms with Crippen molar-refractivity contribution in [3.8, 4) is 0 Å². The lowest BCUT2D eigenvalue weighted by atomic mass is 10.4. The van der Waals surface area contributed by atoms with Gasteiger partial charge in [0, 0.05) is 4.91 Å². The summed E-state index contributed by atoms with van der Waals surface area (Å²) in [7, 11) is 0. The molecule has 0 amide bonds. The summed E-state index contributed by atoms with van der Waals surface area (Å²) in [6.45, 7) is 10.6. The molecule has 54 valence electrons. The van der Waals surface area contributed by atoms with Crippen molar-refractivity contribution in [3.63, 3.8) is 0 Å². The molecule has 0 aromatic rings. The van der Waals surface area contributed by atoms with E-state index >= 15 is 0 Å². The molecule has 0 aliphatic heterocycles. The molecule has 0 saturated carbocycles. The number of aliphatic imine (C=N–C) groups is 1. The Hall–Kier alpha value is -0.760. The maximum absolute atomic E-state index is 3.77. The van der Waals surface area contributed by atoms with Gasteiger partial charge in [-0.2, -0.15) is 0 Å². The molecule has 0 fully saturated rings. The van der Waals surface area contributed by atoms with Crippen molar-refractivity contribution in [2.75, 3.05) is 6.26 Å². The average Bonchev–Trinajstić information content (AvgIpc) is 2.00. The van der Waals surface area contributed by atoms with Crippen molar-refractivity contribution in [2.45, 2.75) is 0 Å². The van der Waals surface area contributed by atoms with Crippen molar-refractivity contribution >= 4 is 18.5 Å². The van der Waals surface area contributed by atoms with Crippen LogP contribution in [0.4, 0.5) is 0 Å². The Labute approximate surface area is 66.2 Å². The molecule has 0 bridgehead atoms. The molecule has 0 spiro atoms. The van der Waals surface area contributed by atoms with Crippen LogP contribution < -0.4 is 0 Å². The van der Waals surface area contributed by atoms with E-state index in [2.05, 4.69) is 24.9 Å². The smallest absolute Gasteiger partial charge is 0.0751 e. The van der Waals surface area contributed by atoms with Gasteiger partial charge in [0.05, 0.1) is 5.70 Å². The summed E-state index contributed by atoms with van der Waals surface area (Å²) < 4.78 is 0. The Balaban J connectivity index is 4.67. The lowest BCUT2D eigenvalue weighted by molar-refractivity contribution is 1.43. The molecule has 0 N–H and O–H groups in total. The molecule has 0 heterocycles. The number of thioether (sulfide) groups is 1. The molecule has 0 aromatic heterocycles. The maximum Gasteiger partial charge on any atom is 0.0751 e. The Morgan fingerprint density at radius 3 is 2.10 bits per heavy atom. The van der Waals surface area contributed by atoms with Gasteiger partial charge in [-0.15, -0.1) is 11.8 Å². The third-order valence-electron chi connectivity index (χ3n) is 1.02. The van der Waals surface area contributed by atoms with Crippen LogP contribution in [0.1, 0.15) is 0 Å². The van der Waals surface area contributed by atoms with Crippen LogP contribution in [0.3, 0.4) is 0 Å². The second kappa shape index (κ2) is 5.06. The normalized spacial score (nSPS) is 11.7. The fourth-order valence-electron chi connectivity index (χ4n) is 0.536. The quantitative estimate of drug-likeness (QED) is 0.447. The van der Waals surface area contributed by atoms with Gasteiger partial charge in [-0.3, -0.25) is 4.99 Å². The predicted molar refractivity (Wildman–Crippen MR) is 50.5 cm³/mol.